The third-order valence-electron chi connectivity index (χ3n) is 4.78. The molecule has 3 nitrogen and oxygen atoms in total. The topological polar surface area (TPSA) is 32.5 Å². The molecule has 0 aliphatic carbocycles. The first-order valence-corrected chi connectivity index (χ1v) is 8.35. The second-order valence-electron chi connectivity index (χ2n) is 6.53. The van der Waals surface area contributed by atoms with Crippen LogP contribution in [0.2, 0.25) is 0 Å². The number of likely N-dealkylation sites (N-methyl/N-ethyl adjacent to an activating group) is 1. The molecule has 118 valence electrons. The number of nitrogens with zero attached hydrogens (tertiary/aromatic N) is 2. The summed E-state index contributed by atoms with van der Waals surface area (Å²) in [5.74, 6) is 0.453. The van der Waals surface area contributed by atoms with Crippen LogP contribution in [-0.4, -0.2) is 49.1 Å². The van der Waals surface area contributed by atoms with E-state index in [-0.39, 0.29) is 0 Å². The molecule has 1 aromatic rings. The quantitative estimate of drug-likeness (QED) is 0.904. The van der Waals surface area contributed by atoms with E-state index in [1.807, 2.05) is 0 Å². The van der Waals surface area contributed by atoms with Gasteiger partial charge in [0.2, 0.25) is 0 Å². The molecule has 1 heterocycles. The fraction of sp³-hybridized carbons (Fsp3) is 0.667. The van der Waals surface area contributed by atoms with Crippen LogP contribution >= 0.6 is 0 Å². The predicted octanol–water partition coefficient (Wildman–Crippen LogP) is 2.66. The Balaban J connectivity index is 2.02. The molecule has 1 aromatic carbocycles. The van der Waals surface area contributed by atoms with Crippen LogP contribution in [0.1, 0.15) is 43.7 Å². The first-order chi connectivity index (χ1) is 10.1. The smallest absolute Gasteiger partial charge is 0.0237 e. The minimum atomic E-state index is 0.453. The van der Waals surface area contributed by atoms with Gasteiger partial charge < -0.3 is 10.6 Å². The molecule has 0 aromatic heterocycles. The van der Waals surface area contributed by atoms with Gasteiger partial charge in [-0.3, -0.25) is 4.90 Å². The lowest BCUT2D eigenvalue weighted by Crippen LogP contribution is -2.39. The zero-order valence-corrected chi connectivity index (χ0v) is 13.9. The summed E-state index contributed by atoms with van der Waals surface area (Å²) >= 11 is 0. The van der Waals surface area contributed by atoms with Gasteiger partial charge in [0, 0.05) is 25.7 Å². The Morgan fingerprint density at radius 3 is 2.57 bits per heavy atom. The van der Waals surface area contributed by atoms with Crippen molar-refractivity contribution in [2.75, 3.05) is 33.2 Å². The maximum Gasteiger partial charge on any atom is 0.0237 e. The van der Waals surface area contributed by atoms with Crippen LogP contribution < -0.4 is 5.73 Å². The predicted molar refractivity (Wildman–Crippen MR) is 90.5 cm³/mol. The monoisotopic (exact) mass is 289 g/mol. The van der Waals surface area contributed by atoms with Crippen molar-refractivity contribution < 1.29 is 0 Å². The highest BCUT2D eigenvalue weighted by Crippen LogP contribution is 2.18. The average Bonchev–Trinajstić information content (AvgIpc) is 2.68. The molecule has 0 amide bonds. The Morgan fingerprint density at radius 1 is 1.24 bits per heavy atom. The first-order valence-electron chi connectivity index (χ1n) is 8.35. The van der Waals surface area contributed by atoms with Crippen molar-refractivity contribution >= 4 is 0 Å². The third kappa shape index (κ3) is 4.53. The van der Waals surface area contributed by atoms with Gasteiger partial charge >= 0.3 is 0 Å². The Hall–Kier alpha value is -0.900. The van der Waals surface area contributed by atoms with Crippen molar-refractivity contribution in [2.24, 2.45) is 5.73 Å². The molecule has 0 saturated carbocycles. The largest absolute Gasteiger partial charge is 0.330 e. The lowest BCUT2D eigenvalue weighted by atomic mass is 10.00. The molecular weight excluding hydrogens is 258 g/mol. The van der Waals surface area contributed by atoms with E-state index in [0.717, 1.165) is 13.1 Å². The van der Waals surface area contributed by atoms with Crippen LogP contribution in [-0.2, 0) is 6.54 Å². The van der Waals surface area contributed by atoms with E-state index in [1.54, 1.807) is 0 Å². The second-order valence-corrected chi connectivity index (χ2v) is 6.53. The molecular formula is C18H31N3. The van der Waals surface area contributed by atoms with E-state index < -0.39 is 0 Å². The van der Waals surface area contributed by atoms with Crippen LogP contribution in [0.4, 0.5) is 0 Å². The van der Waals surface area contributed by atoms with Crippen molar-refractivity contribution in [1.29, 1.82) is 0 Å². The summed E-state index contributed by atoms with van der Waals surface area (Å²) in [6, 6.07) is 9.74. The molecule has 2 N–H and O–H groups in total. The SMILES string of the molecule is CCC1CN(C)CCCN1Cc1ccc(C(C)CN)cc1. The van der Waals surface area contributed by atoms with Gasteiger partial charge in [0.15, 0.2) is 0 Å². The van der Waals surface area contributed by atoms with E-state index >= 15 is 0 Å². The highest BCUT2D eigenvalue weighted by molar-refractivity contribution is 5.25. The summed E-state index contributed by atoms with van der Waals surface area (Å²) < 4.78 is 0. The van der Waals surface area contributed by atoms with Gasteiger partial charge in [-0.1, -0.05) is 38.1 Å². The molecule has 1 fully saturated rings. The summed E-state index contributed by atoms with van der Waals surface area (Å²) in [5.41, 5.74) is 8.52. The van der Waals surface area contributed by atoms with Crippen LogP contribution in [0.25, 0.3) is 0 Å². The van der Waals surface area contributed by atoms with Gasteiger partial charge in [-0.25, -0.2) is 0 Å². The number of hydrogen-bond donors (Lipinski definition) is 1. The van der Waals surface area contributed by atoms with Gasteiger partial charge in [0.1, 0.15) is 0 Å². The molecule has 21 heavy (non-hydrogen) atoms. The molecule has 1 aliphatic rings. The van der Waals surface area contributed by atoms with Gasteiger partial charge in [-0.15, -0.1) is 0 Å². The van der Waals surface area contributed by atoms with Crippen molar-refractivity contribution in [3.63, 3.8) is 0 Å². The van der Waals surface area contributed by atoms with Crippen molar-refractivity contribution in [1.82, 2.24) is 9.80 Å². The maximum atomic E-state index is 5.75. The molecule has 0 spiro atoms. The Kier molecular flexibility index (Phi) is 6.22. The fourth-order valence-corrected chi connectivity index (χ4v) is 3.21. The van der Waals surface area contributed by atoms with Crippen LogP contribution in [0.3, 0.4) is 0 Å². The first kappa shape index (κ1) is 16.5. The molecule has 2 atom stereocenters. The molecule has 1 saturated heterocycles. The lowest BCUT2D eigenvalue weighted by Gasteiger charge is -2.30. The molecule has 1 aliphatic heterocycles. The van der Waals surface area contributed by atoms with Crippen LogP contribution in [0.5, 0.6) is 0 Å². The highest BCUT2D eigenvalue weighted by atomic mass is 15.2. The van der Waals surface area contributed by atoms with E-state index in [2.05, 4.69) is 55.0 Å². The zero-order valence-electron chi connectivity index (χ0n) is 13.9. The molecule has 0 radical (unpaired) electrons. The Morgan fingerprint density at radius 2 is 1.95 bits per heavy atom. The lowest BCUT2D eigenvalue weighted by molar-refractivity contribution is 0.176. The summed E-state index contributed by atoms with van der Waals surface area (Å²) in [6.07, 6.45) is 2.50. The van der Waals surface area contributed by atoms with Crippen molar-refractivity contribution in [3.8, 4) is 0 Å². The van der Waals surface area contributed by atoms with Crippen LogP contribution in [0.15, 0.2) is 24.3 Å². The molecule has 3 heteroatoms. The maximum absolute atomic E-state index is 5.75. The van der Waals surface area contributed by atoms with E-state index in [4.69, 9.17) is 5.73 Å². The fourth-order valence-electron chi connectivity index (χ4n) is 3.21. The van der Waals surface area contributed by atoms with Gasteiger partial charge in [0.05, 0.1) is 0 Å². The average molecular weight is 289 g/mol. The van der Waals surface area contributed by atoms with Crippen LogP contribution in [0, 0.1) is 0 Å². The normalized spacial score (nSPS) is 23.0. The van der Waals surface area contributed by atoms with Crippen molar-refractivity contribution in [3.05, 3.63) is 35.4 Å². The van der Waals surface area contributed by atoms with Crippen molar-refractivity contribution in [2.45, 2.75) is 45.2 Å². The summed E-state index contributed by atoms with van der Waals surface area (Å²) in [7, 11) is 2.25. The summed E-state index contributed by atoms with van der Waals surface area (Å²) in [6.45, 7) is 9.91. The number of benzene rings is 1. The zero-order chi connectivity index (χ0) is 15.2. The van der Waals surface area contributed by atoms with E-state index in [1.165, 1.54) is 43.6 Å². The number of nitrogens with two attached hydrogens (primary N) is 1. The molecule has 0 bridgehead atoms. The number of rotatable bonds is 5. The van der Waals surface area contributed by atoms with Gasteiger partial charge in [0.25, 0.3) is 0 Å². The third-order valence-corrected chi connectivity index (χ3v) is 4.78. The second kappa shape index (κ2) is 7.92. The number of hydrogen-bond acceptors (Lipinski definition) is 3. The standard InChI is InChI=1S/C18H31N3/c1-4-18-14-20(3)10-5-11-21(18)13-16-6-8-17(9-7-16)15(2)12-19/h6-9,15,18H,4-5,10-14,19H2,1-3H3. The molecule has 2 unspecified atom stereocenters. The summed E-state index contributed by atoms with van der Waals surface area (Å²) in [5, 5.41) is 0. The Bertz CT molecular complexity index is 415. The Labute approximate surface area is 130 Å². The highest BCUT2D eigenvalue weighted by Gasteiger charge is 2.21. The minimum absolute atomic E-state index is 0.453. The van der Waals surface area contributed by atoms with Gasteiger partial charge in [-0.05, 0) is 50.0 Å². The van der Waals surface area contributed by atoms with Gasteiger partial charge in [-0.2, -0.15) is 0 Å². The van der Waals surface area contributed by atoms with E-state index in [0.29, 0.717) is 12.0 Å². The summed E-state index contributed by atoms with van der Waals surface area (Å²) in [4.78, 5) is 5.13. The molecule has 2 rings (SSSR count). The minimum Gasteiger partial charge on any atom is -0.330 e. The van der Waals surface area contributed by atoms with E-state index in [9.17, 15) is 0 Å².